The van der Waals surface area contributed by atoms with Crippen LogP contribution >= 0.6 is 15.9 Å². The van der Waals surface area contributed by atoms with Crippen LogP contribution in [0.4, 0.5) is 11.5 Å². The summed E-state index contributed by atoms with van der Waals surface area (Å²) in [5.41, 5.74) is 8.15. The van der Waals surface area contributed by atoms with E-state index in [4.69, 9.17) is 5.73 Å². The number of hydrogen-bond donors (Lipinski definition) is 3. The fraction of sp³-hybridized carbons (Fsp3) is 0.154. The van der Waals surface area contributed by atoms with Crippen LogP contribution in [0.1, 0.15) is 11.1 Å². The minimum absolute atomic E-state index is 0.223. The van der Waals surface area contributed by atoms with Crippen LogP contribution in [-0.2, 0) is 6.54 Å². The van der Waals surface area contributed by atoms with E-state index in [1.165, 1.54) is 0 Å². The lowest BCUT2D eigenvalue weighted by Gasteiger charge is -2.10. The summed E-state index contributed by atoms with van der Waals surface area (Å²) in [6.07, 6.45) is 1.74. The third-order valence-electron chi connectivity index (χ3n) is 2.63. The number of aromatic nitrogens is 1. The standard InChI is InChI=1S/C13H14BrN3O/c1-8-4-5-16-13(12(8)14)17-7-9-6-10(15)2-3-11(9)18/h2-6,18H,7,15H2,1H3,(H,16,17). The van der Waals surface area contributed by atoms with Gasteiger partial charge in [-0.2, -0.15) is 0 Å². The van der Waals surface area contributed by atoms with Gasteiger partial charge in [-0.3, -0.25) is 0 Å². The van der Waals surface area contributed by atoms with Gasteiger partial charge in [0.15, 0.2) is 0 Å². The highest BCUT2D eigenvalue weighted by atomic mass is 79.9. The Kier molecular flexibility index (Phi) is 3.72. The zero-order valence-electron chi connectivity index (χ0n) is 9.94. The van der Waals surface area contributed by atoms with Gasteiger partial charge in [0, 0.05) is 24.0 Å². The first-order chi connectivity index (χ1) is 8.58. The summed E-state index contributed by atoms with van der Waals surface area (Å²) in [6.45, 7) is 2.46. The number of benzene rings is 1. The van der Waals surface area contributed by atoms with Gasteiger partial charge in [-0.05, 0) is 52.7 Å². The Morgan fingerprint density at radius 3 is 2.94 bits per heavy atom. The Hall–Kier alpha value is -1.75. The molecule has 0 aliphatic heterocycles. The van der Waals surface area contributed by atoms with Gasteiger partial charge in [0.25, 0.3) is 0 Å². The predicted molar refractivity (Wildman–Crippen MR) is 76.5 cm³/mol. The normalized spacial score (nSPS) is 10.3. The Morgan fingerprint density at radius 2 is 2.17 bits per heavy atom. The third-order valence-corrected chi connectivity index (χ3v) is 3.63. The number of rotatable bonds is 3. The second-order valence-corrected chi connectivity index (χ2v) is 4.83. The van der Waals surface area contributed by atoms with Gasteiger partial charge >= 0.3 is 0 Å². The van der Waals surface area contributed by atoms with Crippen molar-refractivity contribution in [3.05, 3.63) is 46.1 Å². The molecule has 1 heterocycles. The third kappa shape index (κ3) is 2.73. The van der Waals surface area contributed by atoms with E-state index in [1.54, 1.807) is 24.4 Å². The first kappa shape index (κ1) is 12.7. The largest absolute Gasteiger partial charge is 0.508 e. The van der Waals surface area contributed by atoms with Crippen LogP contribution < -0.4 is 11.1 Å². The lowest BCUT2D eigenvalue weighted by atomic mass is 10.2. The van der Waals surface area contributed by atoms with Gasteiger partial charge in [0.1, 0.15) is 11.6 Å². The second kappa shape index (κ2) is 5.27. The van der Waals surface area contributed by atoms with Crippen molar-refractivity contribution in [3.63, 3.8) is 0 Å². The van der Waals surface area contributed by atoms with Crippen LogP contribution in [0.2, 0.25) is 0 Å². The van der Waals surface area contributed by atoms with Crippen molar-refractivity contribution in [3.8, 4) is 5.75 Å². The van der Waals surface area contributed by atoms with E-state index in [2.05, 4.69) is 26.2 Å². The molecule has 1 aromatic heterocycles. The maximum atomic E-state index is 9.71. The summed E-state index contributed by atoms with van der Waals surface area (Å²) >= 11 is 3.47. The quantitative estimate of drug-likeness (QED) is 0.602. The summed E-state index contributed by atoms with van der Waals surface area (Å²) in [7, 11) is 0. The maximum Gasteiger partial charge on any atom is 0.140 e. The summed E-state index contributed by atoms with van der Waals surface area (Å²) in [4.78, 5) is 4.24. The molecule has 2 aromatic rings. The van der Waals surface area contributed by atoms with Gasteiger partial charge in [-0.1, -0.05) is 0 Å². The SMILES string of the molecule is Cc1ccnc(NCc2cc(N)ccc2O)c1Br. The van der Waals surface area contributed by atoms with Crippen molar-refractivity contribution < 1.29 is 5.11 Å². The van der Waals surface area contributed by atoms with Crippen LogP contribution in [0.25, 0.3) is 0 Å². The number of nitrogens with zero attached hydrogens (tertiary/aromatic N) is 1. The van der Waals surface area contributed by atoms with Gasteiger partial charge < -0.3 is 16.2 Å². The highest BCUT2D eigenvalue weighted by Crippen LogP contribution is 2.25. The maximum absolute atomic E-state index is 9.71. The highest BCUT2D eigenvalue weighted by molar-refractivity contribution is 9.10. The molecular weight excluding hydrogens is 294 g/mol. The van der Waals surface area contributed by atoms with E-state index in [-0.39, 0.29) is 5.75 Å². The van der Waals surface area contributed by atoms with E-state index in [0.717, 1.165) is 21.4 Å². The number of pyridine rings is 1. The summed E-state index contributed by atoms with van der Waals surface area (Å²) in [6, 6.07) is 6.92. The van der Waals surface area contributed by atoms with E-state index < -0.39 is 0 Å². The number of aryl methyl sites for hydroxylation is 1. The van der Waals surface area contributed by atoms with Crippen LogP contribution in [-0.4, -0.2) is 10.1 Å². The van der Waals surface area contributed by atoms with Crippen molar-refractivity contribution in [1.29, 1.82) is 0 Å². The topological polar surface area (TPSA) is 71.2 Å². The molecular formula is C13H14BrN3O. The Balaban J connectivity index is 2.16. The zero-order valence-corrected chi connectivity index (χ0v) is 11.5. The lowest BCUT2D eigenvalue weighted by molar-refractivity contribution is 0.469. The van der Waals surface area contributed by atoms with Crippen LogP contribution in [0.3, 0.4) is 0 Å². The Morgan fingerprint density at radius 1 is 1.39 bits per heavy atom. The Labute approximate surface area is 114 Å². The average Bonchev–Trinajstić information content (AvgIpc) is 2.35. The zero-order chi connectivity index (χ0) is 13.1. The van der Waals surface area contributed by atoms with Crippen molar-refractivity contribution >= 4 is 27.4 Å². The summed E-state index contributed by atoms with van der Waals surface area (Å²) in [5, 5.41) is 12.9. The molecule has 2 rings (SSSR count). The number of nitrogens with one attached hydrogen (secondary N) is 1. The minimum Gasteiger partial charge on any atom is -0.508 e. The molecule has 0 spiro atoms. The van der Waals surface area contributed by atoms with E-state index in [1.807, 2.05) is 13.0 Å². The van der Waals surface area contributed by atoms with Gasteiger partial charge in [0.2, 0.25) is 0 Å². The molecule has 4 N–H and O–H groups in total. The van der Waals surface area contributed by atoms with Crippen molar-refractivity contribution in [1.82, 2.24) is 4.98 Å². The molecule has 0 aliphatic carbocycles. The highest BCUT2D eigenvalue weighted by Gasteiger charge is 2.06. The number of aromatic hydroxyl groups is 1. The molecule has 0 fully saturated rings. The molecule has 18 heavy (non-hydrogen) atoms. The minimum atomic E-state index is 0.223. The second-order valence-electron chi connectivity index (χ2n) is 4.03. The monoisotopic (exact) mass is 307 g/mol. The molecule has 0 atom stereocenters. The Bertz CT molecular complexity index is 570. The van der Waals surface area contributed by atoms with Crippen molar-refractivity contribution in [2.45, 2.75) is 13.5 Å². The van der Waals surface area contributed by atoms with Crippen LogP contribution in [0, 0.1) is 6.92 Å². The molecule has 0 bridgehead atoms. The van der Waals surface area contributed by atoms with E-state index in [0.29, 0.717) is 12.2 Å². The molecule has 0 aliphatic rings. The predicted octanol–water partition coefficient (Wildman–Crippen LogP) is 3.05. The smallest absolute Gasteiger partial charge is 0.140 e. The number of phenolic OH excluding ortho intramolecular Hbond substituents is 1. The number of hydrogen-bond acceptors (Lipinski definition) is 4. The van der Waals surface area contributed by atoms with Crippen molar-refractivity contribution in [2.75, 3.05) is 11.1 Å². The number of nitrogen functional groups attached to an aromatic ring is 1. The fourth-order valence-electron chi connectivity index (χ4n) is 1.59. The number of halogens is 1. The molecule has 4 nitrogen and oxygen atoms in total. The molecule has 1 aromatic carbocycles. The molecule has 0 unspecified atom stereocenters. The van der Waals surface area contributed by atoms with Crippen LogP contribution in [0.15, 0.2) is 34.9 Å². The fourth-order valence-corrected chi connectivity index (χ4v) is 1.96. The van der Waals surface area contributed by atoms with E-state index >= 15 is 0 Å². The number of nitrogens with two attached hydrogens (primary N) is 1. The van der Waals surface area contributed by atoms with E-state index in [9.17, 15) is 5.11 Å². The molecule has 0 amide bonds. The average molecular weight is 308 g/mol. The van der Waals surface area contributed by atoms with Gasteiger partial charge in [-0.25, -0.2) is 4.98 Å². The molecule has 0 saturated carbocycles. The number of anilines is 2. The first-order valence-corrected chi connectivity index (χ1v) is 6.29. The van der Waals surface area contributed by atoms with Crippen molar-refractivity contribution in [2.24, 2.45) is 0 Å². The summed E-state index contributed by atoms with van der Waals surface area (Å²) < 4.78 is 0.924. The summed E-state index contributed by atoms with van der Waals surface area (Å²) in [5.74, 6) is 0.970. The molecule has 0 saturated heterocycles. The first-order valence-electron chi connectivity index (χ1n) is 5.50. The van der Waals surface area contributed by atoms with Gasteiger partial charge in [0.05, 0.1) is 4.47 Å². The number of phenols is 1. The molecule has 5 heteroatoms. The van der Waals surface area contributed by atoms with Crippen LogP contribution in [0.5, 0.6) is 5.75 Å². The molecule has 0 radical (unpaired) electrons. The van der Waals surface area contributed by atoms with Gasteiger partial charge in [-0.15, -0.1) is 0 Å². The molecule has 94 valence electrons. The lowest BCUT2D eigenvalue weighted by Crippen LogP contribution is -2.03.